The number of benzene rings is 1. The van der Waals surface area contributed by atoms with E-state index in [4.69, 9.17) is 4.74 Å². The minimum atomic E-state index is -0.423. The largest absolute Gasteiger partial charge is 0.496 e. The highest BCUT2D eigenvalue weighted by Gasteiger charge is 2.45. The minimum absolute atomic E-state index is 0.0442. The topological polar surface area (TPSA) is 61.9 Å². The van der Waals surface area contributed by atoms with Gasteiger partial charge in [0.1, 0.15) is 5.75 Å². The number of piperazine rings is 1. The van der Waals surface area contributed by atoms with Crippen LogP contribution in [0.4, 0.5) is 0 Å². The third-order valence-electron chi connectivity index (χ3n) is 6.43. The van der Waals surface area contributed by atoms with E-state index in [1.165, 1.54) is 25.7 Å². The lowest BCUT2D eigenvalue weighted by Gasteiger charge is -2.37. The van der Waals surface area contributed by atoms with E-state index < -0.39 is 6.04 Å². The zero-order chi connectivity index (χ0) is 19.7. The molecule has 1 atom stereocenters. The Hall–Kier alpha value is -2.08. The molecule has 0 radical (unpaired) electrons. The summed E-state index contributed by atoms with van der Waals surface area (Å²) in [5.41, 5.74) is 1.04. The van der Waals surface area contributed by atoms with Gasteiger partial charge in [0.2, 0.25) is 11.8 Å². The van der Waals surface area contributed by atoms with Crippen molar-refractivity contribution in [2.75, 3.05) is 27.2 Å². The first kappa shape index (κ1) is 19.2. The van der Waals surface area contributed by atoms with Crippen molar-refractivity contribution in [1.29, 1.82) is 0 Å². The molecular formula is C22H31N3O3. The molecule has 3 aliphatic rings. The van der Waals surface area contributed by atoms with E-state index in [0.717, 1.165) is 17.9 Å². The summed E-state index contributed by atoms with van der Waals surface area (Å²) in [7, 11) is 3.60. The van der Waals surface area contributed by atoms with Gasteiger partial charge in [-0.05, 0) is 43.6 Å². The fourth-order valence-corrected chi connectivity index (χ4v) is 4.59. The number of carbonyl (C=O) groups excluding carboxylic acids is 2. The molecule has 2 saturated carbocycles. The van der Waals surface area contributed by atoms with Crippen LogP contribution >= 0.6 is 0 Å². The van der Waals surface area contributed by atoms with Crippen LogP contribution in [0.5, 0.6) is 5.75 Å². The summed E-state index contributed by atoms with van der Waals surface area (Å²) in [5.74, 6) is 2.21. The van der Waals surface area contributed by atoms with E-state index in [-0.39, 0.29) is 18.2 Å². The smallest absolute Gasteiger partial charge is 0.237 e. The van der Waals surface area contributed by atoms with Crippen LogP contribution in [0.15, 0.2) is 24.3 Å². The first-order valence-electron chi connectivity index (χ1n) is 10.5. The Bertz CT molecular complexity index is 717. The van der Waals surface area contributed by atoms with Gasteiger partial charge in [0.25, 0.3) is 0 Å². The SMILES string of the molecule is COc1ccccc1CN1CCNC(=O)C1CC(=O)N(C)C(C1CC1)C1CC1. The highest BCUT2D eigenvalue weighted by Crippen LogP contribution is 2.47. The van der Waals surface area contributed by atoms with E-state index >= 15 is 0 Å². The van der Waals surface area contributed by atoms with E-state index in [0.29, 0.717) is 31.0 Å². The highest BCUT2D eigenvalue weighted by molar-refractivity contribution is 5.89. The highest BCUT2D eigenvalue weighted by atomic mass is 16.5. The maximum atomic E-state index is 13.1. The molecular weight excluding hydrogens is 354 g/mol. The second-order valence-corrected chi connectivity index (χ2v) is 8.46. The zero-order valence-electron chi connectivity index (χ0n) is 16.9. The molecule has 3 fully saturated rings. The van der Waals surface area contributed by atoms with Gasteiger partial charge in [-0.25, -0.2) is 0 Å². The van der Waals surface area contributed by atoms with Gasteiger partial charge in [-0.1, -0.05) is 18.2 Å². The number of amides is 2. The van der Waals surface area contributed by atoms with Crippen molar-refractivity contribution in [2.24, 2.45) is 11.8 Å². The first-order valence-corrected chi connectivity index (χ1v) is 10.5. The lowest BCUT2D eigenvalue weighted by Crippen LogP contribution is -2.56. The molecule has 0 spiro atoms. The molecule has 6 nitrogen and oxygen atoms in total. The van der Waals surface area contributed by atoms with Crippen LogP contribution in [0.3, 0.4) is 0 Å². The van der Waals surface area contributed by atoms with Crippen molar-refractivity contribution in [2.45, 2.75) is 50.7 Å². The second-order valence-electron chi connectivity index (χ2n) is 8.46. The number of carbonyl (C=O) groups is 2. The Kier molecular flexibility index (Phi) is 5.58. The number of para-hydroxylation sites is 1. The van der Waals surface area contributed by atoms with E-state index in [2.05, 4.69) is 10.2 Å². The van der Waals surface area contributed by atoms with Crippen LogP contribution in [-0.4, -0.2) is 60.9 Å². The standard InChI is InChI=1S/C22H31N3O3/c1-24(21(15-7-8-15)16-9-10-16)20(26)13-18-22(27)23-11-12-25(18)14-17-5-3-4-6-19(17)28-2/h3-6,15-16,18,21H,7-14H2,1-2H3,(H,23,27). The zero-order valence-corrected chi connectivity index (χ0v) is 16.9. The Balaban J connectivity index is 1.45. The van der Waals surface area contributed by atoms with Crippen molar-refractivity contribution in [3.8, 4) is 5.75 Å². The number of nitrogens with one attached hydrogen (secondary N) is 1. The number of rotatable bonds is 8. The molecule has 152 valence electrons. The van der Waals surface area contributed by atoms with E-state index in [9.17, 15) is 9.59 Å². The molecule has 1 heterocycles. The fraction of sp³-hybridized carbons (Fsp3) is 0.636. The van der Waals surface area contributed by atoms with E-state index in [1.807, 2.05) is 36.2 Å². The summed E-state index contributed by atoms with van der Waals surface area (Å²) in [6.45, 7) is 1.95. The number of hydrogen-bond acceptors (Lipinski definition) is 4. The molecule has 1 unspecified atom stereocenters. The molecule has 1 saturated heterocycles. The molecule has 1 aliphatic heterocycles. The Labute approximate surface area is 167 Å². The van der Waals surface area contributed by atoms with Crippen LogP contribution in [0.25, 0.3) is 0 Å². The Morgan fingerprint density at radius 1 is 1.25 bits per heavy atom. The third-order valence-corrected chi connectivity index (χ3v) is 6.43. The molecule has 2 amide bonds. The molecule has 0 bridgehead atoms. The third kappa shape index (κ3) is 4.17. The second kappa shape index (κ2) is 8.11. The van der Waals surface area contributed by atoms with Crippen molar-refractivity contribution in [1.82, 2.24) is 15.1 Å². The first-order chi connectivity index (χ1) is 13.6. The van der Waals surface area contributed by atoms with Crippen molar-refractivity contribution in [3.05, 3.63) is 29.8 Å². The van der Waals surface area contributed by atoms with Crippen LogP contribution in [-0.2, 0) is 16.1 Å². The molecule has 6 heteroatoms. The summed E-state index contributed by atoms with van der Waals surface area (Å²) in [6, 6.07) is 7.83. The summed E-state index contributed by atoms with van der Waals surface area (Å²) in [5, 5.41) is 2.94. The molecule has 28 heavy (non-hydrogen) atoms. The fourth-order valence-electron chi connectivity index (χ4n) is 4.59. The summed E-state index contributed by atoms with van der Waals surface area (Å²) >= 11 is 0. The van der Waals surface area contributed by atoms with Crippen LogP contribution in [0.1, 0.15) is 37.7 Å². The summed E-state index contributed by atoms with van der Waals surface area (Å²) < 4.78 is 5.46. The Morgan fingerprint density at radius 3 is 2.57 bits per heavy atom. The summed E-state index contributed by atoms with van der Waals surface area (Å²) in [6.07, 6.45) is 5.20. The number of methoxy groups -OCH3 is 1. The predicted octanol–water partition coefficient (Wildman–Crippen LogP) is 2.03. The van der Waals surface area contributed by atoms with Gasteiger partial charge in [0, 0.05) is 38.3 Å². The van der Waals surface area contributed by atoms with Gasteiger partial charge in [0.05, 0.1) is 19.6 Å². The van der Waals surface area contributed by atoms with Crippen molar-refractivity contribution in [3.63, 3.8) is 0 Å². The number of ether oxygens (including phenoxy) is 1. The van der Waals surface area contributed by atoms with Crippen molar-refractivity contribution < 1.29 is 14.3 Å². The maximum Gasteiger partial charge on any atom is 0.237 e. The monoisotopic (exact) mass is 385 g/mol. The predicted molar refractivity (Wildman–Crippen MR) is 107 cm³/mol. The normalized spacial score (nSPS) is 22.8. The average molecular weight is 386 g/mol. The maximum absolute atomic E-state index is 13.1. The van der Waals surface area contributed by atoms with Crippen LogP contribution < -0.4 is 10.1 Å². The quantitative estimate of drug-likeness (QED) is 0.744. The van der Waals surface area contributed by atoms with Crippen LogP contribution in [0, 0.1) is 11.8 Å². The Morgan fingerprint density at radius 2 is 1.93 bits per heavy atom. The molecule has 1 aromatic rings. The number of nitrogens with zero attached hydrogens (tertiary/aromatic N) is 2. The lowest BCUT2D eigenvalue weighted by molar-refractivity contribution is -0.140. The lowest BCUT2D eigenvalue weighted by atomic mass is 10.0. The van der Waals surface area contributed by atoms with Gasteiger partial charge >= 0.3 is 0 Å². The van der Waals surface area contributed by atoms with E-state index in [1.54, 1.807) is 7.11 Å². The van der Waals surface area contributed by atoms with Gasteiger partial charge in [-0.2, -0.15) is 0 Å². The van der Waals surface area contributed by atoms with Gasteiger partial charge in [-0.15, -0.1) is 0 Å². The summed E-state index contributed by atoms with van der Waals surface area (Å²) in [4.78, 5) is 29.8. The van der Waals surface area contributed by atoms with Gasteiger partial charge in [0.15, 0.2) is 0 Å². The van der Waals surface area contributed by atoms with Crippen molar-refractivity contribution >= 4 is 11.8 Å². The average Bonchev–Trinajstić information content (AvgIpc) is 3.60. The minimum Gasteiger partial charge on any atom is -0.496 e. The van der Waals surface area contributed by atoms with Gasteiger partial charge in [-0.3, -0.25) is 14.5 Å². The van der Waals surface area contributed by atoms with Crippen LogP contribution in [0.2, 0.25) is 0 Å². The van der Waals surface area contributed by atoms with Gasteiger partial charge < -0.3 is 15.0 Å². The molecule has 4 rings (SSSR count). The molecule has 0 aromatic heterocycles. The molecule has 2 aliphatic carbocycles. The molecule has 1 aromatic carbocycles. The number of hydrogen-bond donors (Lipinski definition) is 1. The molecule has 1 N–H and O–H groups in total.